The summed E-state index contributed by atoms with van der Waals surface area (Å²) in [5.74, 6) is -0.504. The summed E-state index contributed by atoms with van der Waals surface area (Å²) in [7, 11) is 2.05. The first kappa shape index (κ1) is 20.5. The minimum absolute atomic E-state index is 0. The number of carbonyl (C=O) groups excluding carboxylic acids is 2. The Morgan fingerprint density at radius 1 is 1.26 bits per heavy atom. The first-order valence-corrected chi connectivity index (χ1v) is 8.62. The van der Waals surface area contributed by atoms with Crippen LogP contribution in [-0.4, -0.2) is 38.6 Å². The fourth-order valence-corrected chi connectivity index (χ4v) is 2.85. The number of esters is 1. The number of nitrogens with one attached hydrogen (secondary N) is 2. The van der Waals surface area contributed by atoms with Gasteiger partial charge in [-0.1, -0.05) is 0 Å². The summed E-state index contributed by atoms with van der Waals surface area (Å²) >= 11 is 0. The Kier molecular flexibility index (Phi) is 7.01. The van der Waals surface area contributed by atoms with Crippen LogP contribution >= 0.6 is 0 Å². The molecule has 1 aliphatic rings. The third kappa shape index (κ3) is 5.10. The first-order valence-electron chi connectivity index (χ1n) is 8.62. The van der Waals surface area contributed by atoms with Crippen LogP contribution in [0.2, 0.25) is 0 Å². The smallest absolute Gasteiger partial charge is 0.338 e. The number of nitrogens with zero attached hydrogens (tertiary/aromatic N) is 2. The van der Waals surface area contributed by atoms with Crippen LogP contribution in [0.1, 0.15) is 17.3 Å². The van der Waals surface area contributed by atoms with Crippen molar-refractivity contribution >= 4 is 28.9 Å². The quantitative estimate of drug-likeness (QED) is 0.488. The highest BCUT2D eigenvalue weighted by atomic mass is 35.5. The molecule has 1 aromatic heterocycles. The summed E-state index contributed by atoms with van der Waals surface area (Å²) in [6.45, 7) is 4.14. The number of rotatable bonds is 5. The van der Waals surface area contributed by atoms with Gasteiger partial charge in [0.25, 0.3) is 5.91 Å². The van der Waals surface area contributed by atoms with Crippen LogP contribution in [-0.2, 0) is 16.1 Å². The molecule has 0 radical (unpaired) electrons. The van der Waals surface area contributed by atoms with Crippen molar-refractivity contribution in [1.82, 2.24) is 0 Å². The van der Waals surface area contributed by atoms with Crippen LogP contribution in [0.15, 0.2) is 42.7 Å². The number of anilines is 3. The molecule has 2 aromatic rings. The molecule has 2 N–H and O–H groups in total. The number of hydrogen-bond donors (Lipinski definition) is 2. The van der Waals surface area contributed by atoms with Crippen LogP contribution in [0.4, 0.5) is 17.1 Å². The molecule has 3 rings (SSSR count). The highest BCUT2D eigenvalue weighted by Gasteiger charge is 2.18. The predicted octanol–water partition coefficient (Wildman–Crippen LogP) is -1.34. The molecule has 0 spiro atoms. The number of carbonyl (C=O) groups is 2. The van der Waals surface area contributed by atoms with Crippen molar-refractivity contribution in [1.29, 1.82) is 0 Å². The van der Waals surface area contributed by atoms with Crippen molar-refractivity contribution in [3.05, 3.63) is 48.3 Å². The molecule has 1 aliphatic heterocycles. The number of fused-ring (bicyclic) bond motifs is 1. The standard InChI is InChI=1S/C19H22N4O3.ClH/c1-3-26-19(25)14-4-6-15(7-5-14)21-18(24)13-23-10-8-17-16(12-23)20-9-11-22(17)2;/h4-8,10,12,20H,3,9,11,13H2,1-2H3;1H. The van der Waals surface area contributed by atoms with Gasteiger partial charge in [-0.05, 0) is 31.2 Å². The first-order chi connectivity index (χ1) is 12.6. The Bertz CT molecular complexity index is 811. The lowest BCUT2D eigenvalue weighted by molar-refractivity contribution is -0.683. The van der Waals surface area contributed by atoms with E-state index >= 15 is 0 Å². The molecule has 27 heavy (non-hydrogen) atoms. The molecular weight excluding hydrogens is 368 g/mol. The van der Waals surface area contributed by atoms with Gasteiger partial charge >= 0.3 is 5.97 Å². The molecule has 8 heteroatoms. The molecular formula is C19H23ClN4O3. The van der Waals surface area contributed by atoms with E-state index < -0.39 is 0 Å². The maximum atomic E-state index is 12.3. The van der Waals surface area contributed by atoms with Crippen LogP contribution in [0.25, 0.3) is 0 Å². The summed E-state index contributed by atoms with van der Waals surface area (Å²) in [5, 5.41) is 6.18. The van der Waals surface area contributed by atoms with Crippen molar-refractivity contribution < 1.29 is 31.3 Å². The lowest BCUT2D eigenvalue weighted by Crippen LogP contribution is -3.00. The number of ether oxygens (including phenoxy) is 1. The molecule has 1 amide bonds. The van der Waals surface area contributed by atoms with Crippen LogP contribution in [0.3, 0.4) is 0 Å². The van der Waals surface area contributed by atoms with E-state index in [0.29, 0.717) is 17.9 Å². The minimum Gasteiger partial charge on any atom is -1.00 e. The van der Waals surface area contributed by atoms with Gasteiger partial charge in [-0.15, -0.1) is 0 Å². The third-order valence-corrected chi connectivity index (χ3v) is 4.17. The van der Waals surface area contributed by atoms with E-state index in [9.17, 15) is 9.59 Å². The lowest BCUT2D eigenvalue weighted by atomic mass is 10.2. The summed E-state index contributed by atoms with van der Waals surface area (Å²) in [6, 6.07) is 8.66. The van der Waals surface area contributed by atoms with Crippen molar-refractivity contribution in [3.63, 3.8) is 0 Å². The second-order valence-electron chi connectivity index (χ2n) is 6.11. The summed E-state index contributed by atoms with van der Waals surface area (Å²) in [5.41, 5.74) is 3.25. The molecule has 0 bridgehead atoms. The Balaban J connectivity index is 0.00000261. The molecule has 0 aliphatic carbocycles. The van der Waals surface area contributed by atoms with E-state index in [4.69, 9.17) is 4.74 Å². The monoisotopic (exact) mass is 390 g/mol. The van der Waals surface area contributed by atoms with Crippen molar-refractivity contribution in [2.75, 3.05) is 42.3 Å². The second kappa shape index (κ2) is 9.23. The fourth-order valence-electron chi connectivity index (χ4n) is 2.85. The van der Waals surface area contributed by atoms with Gasteiger partial charge in [-0.25, -0.2) is 4.79 Å². The van der Waals surface area contributed by atoms with Gasteiger partial charge in [0.05, 0.1) is 17.9 Å². The minimum atomic E-state index is -0.368. The number of aromatic nitrogens is 1. The molecule has 0 fully saturated rings. The van der Waals surface area contributed by atoms with Crippen molar-refractivity contribution in [2.45, 2.75) is 13.5 Å². The lowest BCUT2D eigenvalue weighted by Gasteiger charge is -2.27. The number of amides is 1. The van der Waals surface area contributed by atoms with Gasteiger partial charge < -0.3 is 32.7 Å². The van der Waals surface area contributed by atoms with E-state index in [1.807, 2.05) is 23.0 Å². The Morgan fingerprint density at radius 3 is 2.70 bits per heavy atom. The zero-order valence-corrected chi connectivity index (χ0v) is 16.1. The number of halogens is 1. The maximum Gasteiger partial charge on any atom is 0.338 e. The van der Waals surface area contributed by atoms with Crippen molar-refractivity contribution in [3.8, 4) is 0 Å². The van der Waals surface area contributed by atoms with Gasteiger partial charge in [0, 0.05) is 31.9 Å². The fraction of sp³-hybridized carbons (Fsp3) is 0.316. The second-order valence-corrected chi connectivity index (χ2v) is 6.11. The van der Waals surface area contributed by atoms with Gasteiger partial charge in [-0.2, -0.15) is 4.57 Å². The molecule has 1 aromatic carbocycles. The van der Waals surface area contributed by atoms with Gasteiger partial charge in [-0.3, -0.25) is 4.79 Å². The number of likely N-dealkylation sites (N-methyl/N-ethyl adjacent to an activating group) is 1. The van der Waals surface area contributed by atoms with E-state index in [-0.39, 0.29) is 30.8 Å². The molecule has 0 saturated carbocycles. The van der Waals surface area contributed by atoms with E-state index in [0.717, 1.165) is 24.5 Å². The van der Waals surface area contributed by atoms with Crippen LogP contribution in [0, 0.1) is 0 Å². The van der Waals surface area contributed by atoms with Crippen LogP contribution in [0.5, 0.6) is 0 Å². The SMILES string of the molecule is CCOC(=O)c1ccc(NC(=O)C[n+]2ccc3c(c2)NCCN3C)cc1.[Cl-]. The average Bonchev–Trinajstić information content (AvgIpc) is 2.62. The van der Waals surface area contributed by atoms with Crippen molar-refractivity contribution in [2.24, 2.45) is 0 Å². The molecule has 0 atom stereocenters. The Hall–Kier alpha value is -2.80. The van der Waals surface area contributed by atoms with Gasteiger partial charge in [0.1, 0.15) is 5.69 Å². The number of hydrogen-bond acceptors (Lipinski definition) is 5. The molecule has 0 unspecified atom stereocenters. The summed E-state index contributed by atoms with van der Waals surface area (Å²) < 4.78 is 6.78. The van der Waals surface area contributed by atoms with E-state index in [1.54, 1.807) is 31.2 Å². The number of pyridine rings is 1. The Morgan fingerprint density at radius 2 is 2.00 bits per heavy atom. The van der Waals surface area contributed by atoms with Gasteiger partial charge in [0.2, 0.25) is 6.54 Å². The topological polar surface area (TPSA) is 74.5 Å². The Labute approximate surface area is 164 Å². The maximum absolute atomic E-state index is 12.3. The average molecular weight is 391 g/mol. The normalized spacial score (nSPS) is 12.3. The molecule has 7 nitrogen and oxygen atoms in total. The zero-order chi connectivity index (χ0) is 18.5. The predicted molar refractivity (Wildman–Crippen MR) is 99.4 cm³/mol. The number of benzene rings is 1. The summed E-state index contributed by atoms with van der Waals surface area (Å²) in [4.78, 5) is 26.1. The molecule has 2 heterocycles. The highest BCUT2D eigenvalue weighted by Crippen LogP contribution is 2.25. The van der Waals surface area contributed by atoms with E-state index in [2.05, 4.69) is 22.6 Å². The summed E-state index contributed by atoms with van der Waals surface area (Å²) in [6.07, 6.45) is 3.83. The van der Waals surface area contributed by atoms with E-state index in [1.165, 1.54) is 0 Å². The molecule has 144 valence electrons. The molecule has 0 saturated heterocycles. The van der Waals surface area contributed by atoms with Crippen LogP contribution < -0.4 is 32.5 Å². The zero-order valence-electron chi connectivity index (χ0n) is 15.4. The largest absolute Gasteiger partial charge is 1.00 e. The van der Waals surface area contributed by atoms with Gasteiger partial charge in [0.15, 0.2) is 12.4 Å². The highest BCUT2D eigenvalue weighted by molar-refractivity contribution is 5.92. The third-order valence-electron chi connectivity index (χ3n) is 4.17.